The molecule has 2 atom stereocenters. The van der Waals surface area contributed by atoms with Gasteiger partial charge in [-0.3, -0.25) is 4.79 Å². The van der Waals surface area contributed by atoms with Crippen LogP contribution >= 0.6 is 11.8 Å². The maximum atomic E-state index is 12.7. The lowest BCUT2D eigenvalue weighted by Crippen LogP contribution is -2.23. The van der Waals surface area contributed by atoms with Crippen LogP contribution in [0.2, 0.25) is 0 Å². The molecule has 4 rings (SSSR count). The van der Waals surface area contributed by atoms with E-state index in [1.165, 1.54) is 17.6 Å². The van der Waals surface area contributed by atoms with Gasteiger partial charge >= 0.3 is 0 Å². The van der Waals surface area contributed by atoms with Crippen LogP contribution in [0.25, 0.3) is 17.0 Å². The molecular weight excluding hydrogens is 292 g/mol. The van der Waals surface area contributed by atoms with E-state index in [-0.39, 0.29) is 5.43 Å². The van der Waals surface area contributed by atoms with E-state index >= 15 is 0 Å². The average Bonchev–Trinajstić information content (AvgIpc) is 2.53. The summed E-state index contributed by atoms with van der Waals surface area (Å²) in [4.78, 5) is 12.7. The highest BCUT2D eigenvalue weighted by Gasteiger charge is 2.32. The van der Waals surface area contributed by atoms with E-state index in [0.29, 0.717) is 22.1 Å². The fourth-order valence-corrected chi connectivity index (χ4v) is 4.67. The van der Waals surface area contributed by atoms with Crippen LogP contribution in [0.3, 0.4) is 0 Å². The van der Waals surface area contributed by atoms with Gasteiger partial charge in [-0.05, 0) is 50.3 Å². The number of rotatable bonds is 1. The number of allylic oxidation sites excluding steroid dienone is 1. The van der Waals surface area contributed by atoms with E-state index < -0.39 is 0 Å². The zero-order chi connectivity index (χ0) is 15.3. The lowest BCUT2D eigenvalue weighted by atomic mass is 9.81. The van der Waals surface area contributed by atoms with E-state index in [9.17, 15) is 4.79 Å². The SMILES string of the molecule is C=C(C)C1CCC2Sc3oc4ccccc4c(=O)c3C=C2C1. The molecule has 0 bridgehead atoms. The molecule has 0 N–H and O–H groups in total. The third-order valence-electron chi connectivity index (χ3n) is 4.75. The monoisotopic (exact) mass is 310 g/mol. The predicted octanol–water partition coefficient (Wildman–Crippen LogP) is 5.03. The van der Waals surface area contributed by atoms with E-state index in [4.69, 9.17) is 4.42 Å². The summed E-state index contributed by atoms with van der Waals surface area (Å²) in [7, 11) is 0. The number of thioether (sulfide) groups is 1. The Hall–Kier alpha value is -1.74. The zero-order valence-corrected chi connectivity index (χ0v) is 13.4. The Bertz CT molecular complexity index is 859. The highest BCUT2D eigenvalue weighted by molar-refractivity contribution is 8.00. The van der Waals surface area contributed by atoms with Crippen LogP contribution in [0, 0.1) is 5.92 Å². The van der Waals surface area contributed by atoms with Crippen LogP contribution in [0.4, 0.5) is 0 Å². The van der Waals surface area contributed by atoms with Crippen molar-refractivity contribution in [3.05, 3.63) is 57.8 Å². The summed E-state index contributed by atoms with van der Waals surface area (Å²) < 4.78 is 5.99. The minimum absolute atomic E-state index is 0.0905. The van der Waals surface area contributed by atoms with Crippen molar-refractivity contribution in [3.63, 3.8) is 0 Å². The Balaban J connectivity index is 1.85. The number of hydrogen-bond acceptors (Lipinski definition) is 3. The van der Waals surface area contributed by atoms with Gasteiger partial charge in [-0.25, -0.2) is 0 Å². The molecule has 1 saturated carbocycles. The molecule has 3 heteroatoms. The van der Waals surface area contributed by atoms with Gasteiger partial charge < -0.3 is 4.42 Å². The fourth-order valence-electron chi connectivity index (χ4n) is 3.43. The van der Waals surface area contributed by atoms with E-state index in [1.54, 1.807) is 11.8 Å². The van der Waals surface area contributed by atoms with Gasteiger partial charge in [0.1, 0.15) is 5.58 Å². The number of hydrogen-bond donors (Lipinski definition) is 0. The first-order valence-corrected chi connectivity index (χ1v) is 8.60. The van der Waals surface area contributed by atoms with E-state index in [1.807, 2.05) is 24.3 Å². The topological polar surface area (TPSA) is 30.2 Å². The smallest absolute Gasteiger partial charge is 0.201 e. The highest BCUT2D eigenvalue weighted by atomic mass is 32.2. The van der Waals surface area contributed by atoms with Crippen LogP contribution in [0.1, 0.15) is 31.7 Å². The van der Waals surface area contributed by atoms with Gasteiger partial charge in [0, 0.05) is 5.25 Å². The molecule has 2 nitrogen and oxygen atoms in total. The summed E-state index contributed by atoms with van der Waals surface area (Å²) >= 11 is 1.72. The van der Waals surface area contributed by atoms with Gasteiger partial charge in [0.25, 0.3) is 0 Å². The largest absolute Gasteiger partial charge is 0.449 e. The average molecular weight is 310 g/mol. The zero-order valence-electron chi connectivity index (χ0n) is 12.6. The molecule has 0 amide bonds. The maximum absolute atomic E-state index is 12.7. The van der Waals surface area contributed by atoms with E-state index in [0.717, 1.165) is 23.5 Å². The van der Waals surface area contributed by atoms with Crippen LogP contribution in [-0.4, -0.2) is 5.25 Å². The first-order valence-electron chi connectivity index (χ1n) is 7.72. The van der Waals surface area contributed by atoms with Gasteiger partial charge in [0.05, 0.1) is 10.9 Å². The van der Waals surface area contributed by atoms with Crippen LogP contribution in [0.5, 0.6) is 0 Å². The van der Waals surface area contributed by atoms with Gasteiger partial charge in [-0.15, -0.1) is 0 Å². The third-order valence-corrected chi connectivity index (χ3v) is 6.09. The molecule has 1 aliphatic heterocycles. The van der Waals surface area contributed by atoms with Gasteiger partial charge in [0.2, 0.25) is 5.43 Å². The third kappa shape index (κ3) is 2.15. The summed E-state index contributed by atoms with van der Waals surface area (Å²) in [6.07, 6.45) is 5.42. The molecule has 22 heavy (non-hydrogen) atoms. The molecule has 1 fully saturated rings. The standard InChI is InChI=1S/C19H18O2S/c1-11(2)12-7-8-17-13(9-12)10-15-18(20)14-5-3-4-6-16(14)21-19(15)22-17/h3-6,10,12,17H,1,7-9H2,2H3. The van der Waals surface area contributed by atoms with Crippen molar-refractivity contribution in [1.29, 1.82) is 0 Å². The molecule has 1 aliphatic carbocycles. The molecule has 1 aromatic carbocycles. The normalized spacial score (nSPS) is 23.6. The van der Waals surface area contributed by atoms with Crippen molar-refractivity contribution in [1.82, 2.24) is 0 Å². The molecule has 2 heterocycles. The summed E-state index contributed by atoms with van der Waals surface area (Å²) in [6, 6.07) is 7.50. The fraction of sp³-hybridized carbons (Fsp3) is 0.316. The van der Waals surface area contributed by atoms with E-state index in [2.05, 4.69) is 19.6 Å². The second kappa shape index (κ2) is 5.17. The number of benzene rings is 1. The number of para-hydroxylation sites is 1. The first kappa shape index (κ1) is 13.9. The molecule has 0 spiro atoms. The number of fused-ring (bicyclic) bond motifs is 3. The van der Waals surface area contributed by atoms with Crippen molar-refractivity contribution in [3.8, 4) is 0 Å². The summed E-state index contributed by atoms with van der Waals surface area (Å²) in [5.74, 6) is 0.553. The molecule has 2 aliphatic rings. The minimum Gasteiger partial charge on any atom is -0.449 e. The Morgan fingerprint density at radius 1 is 1.32 bits per heavy atom. The Labute approximate surface area is 133 Å². The molecule has 2 aromatic rings. The first-order chi connectivity index (χ1) is 10.6. The quantitative estimate of drug-likeness (QED) is 0.692. The Morgan fingerprint density at radius 2 is 2.14 bits per heavy atom. The van der Waals surface area contributed by atoms with Crippen molar-refractivity contribution < 1.29 is 4.42 Å². The van der Waals surface area contributed by atoms with Gasteiger partial charge in [-0.1, -0.05) is 41.6 Å². The Morgan fingerprint density at radius 3 is 2.95 bits per heavy atom. The lowest BCUT2D eigenvalue weighted by molar-refractivity contribution is 0.467. The molecule has 0 radical (unpaired) electrons. The van der Waals surface area contributed by atoms with Crippen molar-refractivity contribution >= 4 is 28.8 Å². The van der Waals surface area contributed by atoms with Crippen LogP contribution in [0.15, 0.2) is 56.3 Å². The molecule has 1 aromatic heterocycles. The molecular formula is C19H18O2S. The van der Waals surface area contributed by atoms with Gasteiger partial charge in [-0.2, -0.15) is 0 Å². The summed E-state index contributed by atoms with van der Waals surface area (Å²) in [5, 5.41) is 1.91. The second-order valence-electron chi connectivity index (χ2n) is 6.28. The Kier molecular flexibility index (Phi) is 3.26. The molecule has 0 saturated heterocycles. The minimum atomic E-state index is 0.0905. The highest BCUT2D eigenvalue weighted by Crippen LogP contribution is 2.46. The van der Waals surface area contributed by atoms with Crippen molar-refractivity contribution in [2.45, 2.75) is 36.5 Å². The van der Waals surface area contributed by atoms with Crippen LogP contribution < -0.4 is 5.43 Å². The molecule has 2 unspecified atom stereocenters. The second-order valence-corrected chi connectivity index (χ2v) is 7.45. The maximum Gasteiger partial charge on any atom is 0.201 e. The van der Waals surface area contributed by atoms with Crippen LogP contribution in [-0.2, 0) is 0 Å². The summed E-state index contributed by atoms with van der Waals surface area (Å²) in [5.41, 5.74) is 4.14. The van der Waals surface area contributed by atoms with Crippen molar-refractivity contribution in [2.24, 2.45) is 5.92 Å². The summed E-state index contributed by atoms with van der Waals surface area (Å²) in [6.45, 7) is 6.21. The van der Waals surface area contributed by atoms with Crippen molar-refractivity contribution in [2.75, 3.05) is 0 Å². The van der Waals surface area contributed by atoms with Gasteiger partial charge in [0.15, 0.2) is 5.09 Å². The molecule has 112 valence electrons. The lowest BCUT2D eigenvalue weighted by Gasteiger charge is -2.33. The predicted molar refractivity (Wildman–Crippen MR) is 92.3 cm³/mol.